The molecule has 10 atom stereocenters. The summed E-state index contributed by atoms with van der Waals surface area (Å²) in [6, 6.07) is 22.0. The smallest absolute Gasteiger partial charge is 0.261 e. The zero-order valence-corrected chi connectivity index (χ0v) is 33.9. The van der Waals surface area contributed by atoms with Crippen LogP contribution in [0.4, 0.5) is 0 Å². The molecule has 0 unspecified atom stereocenters. The minimum atomic E-state index is -2.63. The van der Waals surface area contributed by atoms with E-state index >= 15 is 0 Å². The highest BCUT2D eigenvalue weighted by atomic mass is 28.4. The van der Waals surface area contributed by atoms with Crippen LogP contribution in [0, 0.1) is 29.6 Å². The molecule has 2 aromatic carbocycles. The molecular weight excluding hydrogens is 649 g/mol. The number of methoxy groups -OCH3 is 1. The van der Waals surface area contributed by atoms with Gasteiger partial charge in [-0.25, -0.2) is 0 Å². The Balaban J connectivity index is 1.31. The Bertz CT molecular complexity index is 1350. The van der Waals surface area contributed by atoms with E-state index < -0.39 is 8.32 Å². The molecule has 1 aliphatic carbocycles. The van der Waals surface area contributed by atoms with Gasteiger partial charge in [0.25, 0.3) is 8.32 Å². The fraction of sp³-hybridized carbons (Fsp3) is 0.644. The molecule has 6 heteroatoms. The topological polar surface area (TPSA) is 57.2 Å². The molecule has 0 aromatic heterocycles. The van der Waals surface area contributed by atoms with Gasteiger partial charge in [0.1, 0.15) is 0 Å². The van der Waals surface area contributed by atoms with E-state index in [-0.39, 0.29) is 42.2 Å². The number of aliphatic hydroxyl groups is 1. The minimum absolute atomic E-state index is 0.0466. The number of ether oxygens (including phenoxy) is 3. The fourth-order valence-corrected chi connectivity index (χ4v) is 14.3. The maximum atomic E-state index is 10.9. The van der Waals surface area contributed by atoms with Gasteiger partial charge in [-0.15, -0.1) is 0 Å². The molecule has 0 bridgehead atoms. The van der Waals surface area contributed by atoms with E-state index in [4.69, 9.17) is 18.6 Å². The number of aliphatic hydroxyl groups excluding tert-OH is 1. The third kappa shape index (κ3) is 9.55. The average Bonchev–Trinajstić information content (AvgIpc) is 3.60. The summed E-state index contributed by atoms with van der Waals surface area (Å²) >= 11 is 0. The molecule has 1 N–H and O–H groups in total. The monoisotopic (exact) mass is 716 g/mol. The van der Waals surface area contributed by atoms with Gasteiger partial charge in [-0.2, -0.15) is 0 Å². The molecule has 3 aliphatic rings. The van der Waals surface area contributed by atoms with Crippen LogP contribution in [0.2, 0.25) is 5.04 Å². The van der Waals surface area contributed by atoms with E-state index in [0.29, 0.717) is 29.6 Å². The van der Waals surface area contributed by atoms with Gasteiger partial charge in [0.15, 0.2) is 0 Å². The number of benzene rings is 2. The summed E-state index contributed by atoms with van der Waals surface area (Å²) in [4.78, 5) is 0. The van der Waals surface area contributed by atoms with Gasteiger partial charge in [0, 0.05) is 13.7 Å². The van der Waals surface area contributed by atoms with Crippen molar-refractivity contribution in [3.8, 4) is 0 Å². The van der Waals surface area contributed by atoms with Gasteiger partial charge in [0.2, 0.25) is 0 Å². The lowest BCUT2D eigenvalue weighted by atomic mass is 9.67. The van der Waals surface area contributed by atoms with Crippen molar-refractivity contribution in [1.29, 1.82) is 0 Å². The lowest BCUT2D eigenvalue weighted by molar-refractivity contribution is -0.0448. The third-order valence-corrected chi connectivity index (χ3v) is 17.5. The summed E-state index contributed by atoms with van der Waals surface area (Å²) < 4.78 is 26.0. The van der Waals surface area contributed by atoms with Gasteiger partial charge in [-0.05, 0) is 96.0 Å². The summed E-state index contributed by atoms with van der Waals surface area (Å²) in [6.45, 7) is 17.1. The summed E-state index contributed by atoms with van der Waals surface area (Å²) in [6.07, 6.45) is 16.3. The molecule has 0 radical (unpaired) electrons. The van der Waals surface area contributed by atoms with Gasteiger partial charge in [-0.1, -0.05) is 133 Å². The van der Waals surface area contributed by atoms with Crippen LogP contribution < -0.4 is 10.4 Å². The first-order valence-corrected chi connectivity index (χ1v) is 22.0. The number of allylic oxidation sites excluding steroid dienone is 1. The zero-order chi connectivity index (χ0) is 36.6. The maximum Gasteiger partial charge on any atom is 0.261 e. The van der Waals surface area contributed by atoms with Crippen LogP contribution in [0.1, 0.15) is 99.8 Å². The highest BCUT2D eigenvalue weighted by Crippen LogP contribution is 2.43. The van der Waals surface area contributed by atoms with E-state index in [2.05, 4.69) is 127 Å². The Labute approximate surface area is 311 Å². The summed E-state index contributed by atoms with van der Waals surface area (Å²) in [5, 5.41) is 13.5. The van der Waals surface area contributed by atoms with Crippen molar-refractivity contribution in [3.63, 3.8) is 0 Å². The highest BCUT2D eigenvalue weighted by Gasteiger charge is 2.50. The fourth-order valence-electron chi connectivity index (χ4n) is 9.65. The van der Waals surface area contributed by atoms with E-state index in [0.717, 1.165) is 50.7 Å². The van der Waals surface area contributed by atoms with E-state index in [1.165, 1.54) is 23.2 Å². The number of hydrogen-bond acceptors (Lipinski definition) is 5. The number of hydrogen-bond donors (Lipinski definition) is 1. The minimum Gasteiger partial charge on any atom is -0.407 e. The molecule has 2 aromatic rings. The molecule has 51 heavy (non-hydrogen) atoms. The van der Waals surface area contributed by atoms with Crippen molar-refractivity contribution < 1.29 is 23.7 Å². The first-order chi connectivity index (χ1) is 24.5. The Morgan fingerprint density at radius 1 is 0.882 bits per heavy atom. The second-order valence-corrected chi connectivity index (χ2v) is 21.4. The summed E-state index contributed by atoms with van der Waals surface area (Å²) in [5.74, 6) is 2.19. The van der Waals surface area contributed by atoms with Gasteiger partial charge < -0.3 is 23.7 Å². The lowest BCUT2D eigenvalue weighted by Gasteiger charge is -2.45. The Morgan fingerprint density at radius 2 is 1.55 bits per heavy atom. The molecule has 2 saturated heterocycles. The molecule has 2 heterocycles. The standard InChI is InChI=1S/C45H68O5Si/c1-32-17-15-18-36(29-37(30-46)44-33(2)25-26-39(50-44)20-16-19-38-27-28-42(49-38)35(4)47-8)43(32)34(3)31-48-51(45(5,6)7,40-21-11-9-12-22-40)41-23-13-10-14-24-41/h9-14,16,20-24,29,32-36,38-39,42-44,46H,15,17-19,25-28,30-31H2,1-8H3/b20-16+,37-29+/t32-,33-,34-,35+,36-,38+,39-,42-,43-,44-/m0/s1. The van der Waals surface area contributed by atoms with Crippen LogP contribution in [0.5, 0.6) is 0 Å². The summed E-state index contributed by atoms with van der Waals surface area (Å²) in [5.41, 5.74) is 1.07. The molecule has 2 aliphatic heterocycles. The van der Waals surface area contributed by atoms with Crippen molar-refractivity contribution in [2.75, 3.05) is 20.3 Å². The summed E-state index contributed by atoms with van der Waals surface area (Å²) in [7, 11) is -0.868. The SMILES string of the molecule is CO[C@H](C)[C@@H]1CC[C@@H](C/C=C/[C@H]2CC[C@H](C)[C@@H](/C(=C/[C@@H]3CCC[C@H](C)[C@H]3[C@@H](C)CO[Si](c3ccccc3)(c3ccccc3)C(C)(C)C)CO)O2)O1. The average molecular weight is 717 g/mol. The second kappa shape index (κ2) is 18.3. The van der Waals surface area contributed by atoms with Crippen molar-refractivity contribution >= 4 is 18.7 Å². The van der Waals surface area contributed by atoms with Crippen LogP contribution in [-0.4, -0.2) is 64.3 Å². The number of rotatable bonds is 14. The maximum absolute atomic E-state index is 10.9. The molecular formula is C45H68O5Si. The van der Waals surface area contributed by atoms with Crippen LogP contribution in [0.3, 0.4) is 0 Å². The molecule has 0 spiro atoms. The molecule has 5 rings (SSSR count). The molecule has 3 fully saturated rings. The van der Waals surface area contributed by atoms with Gasteiger partial charge >= 0.3 is 0 Å². The van der Waals surface area contributed by atoms with Crippen LogP contribution in [0.25, 0.3) is 0 Å². The Morgan fingerprint density at radius 3 is 2.16 bits per heavy atom. The predicted octanol–water partition coefficient (Wildman–Crippen LogP) is 8.88. The van der Waals surface area contributed by atoms with Crippen LogP contribution in [0.15, 0.2) is 84.5 Å². The first kappa shape index (κ1) is 40.1. The largest absolute Gasteiger partial charge is 0.407 e. The van der Waals surface area contributed by atoms with E-state index in [1.807, 2.05) is 0 Å². The van der Waals surface area contributed by atoms with Gasteiger partial charge in [-0.3, -0.25) is 0 Å². The third-order valence-electron chi connectivity index (χ3n) is 12.5. The lowest BCUT2D eigenvalue weighted by Crippen LogP contribution is -2.67. The van der Waals surface area contributed by atoms with Crippen LogP contribution in [-0.2, 0) is 18.6 Å². The molecule has 1 saturated carbocycles. The van der Waals surface area contributed by atoms with Crippen LogP contribution >= 0.6 is 0 Å². The quantitative estimate of drug-likeness (QED) is 0.156. The van der Waals surface area contributed by atoms with Crippen molar-refractivity contribution in [2.45, 2.75) is 135 Å². The highest BCUT2D eigenvalue weighted by molar-refractivity contribution is 6.99. The van der Waals surface area contributed by atoms with Crippen molar-refractivity contribution in [3.05, 3.63) is 84.5 Å². The zero-order valence-electron chi connectivity index (χ0n) is 32.9. The van der Waals surface area contributed by atoms with Crippen molar-refractivity contribution in [1.82, 2.24) is 0 Å². The Hall–Kier alpha value is -2.06. The van der Waals surface area contributed by atoms with Gasteiger partial charge in [0.05, 0.1) is 37.1 Å². The predicted molar refractivity (Wildman–Crippen MR) is 213 cm³/mol. The van der Waals surface area contributed by atoms with Crippen molar-refractivity contribution in [2.24, 2.45) is 29.6 Å². The molecule has 5 nitrogen and oxygen atoms in total. The first-order valence-electron chi connectivity index (χ1n) is 20.0. The second-order valence-electron chi connectivity index (χ2n) is 17.1. The van der Waals surface area contributed by atoms with E-state index in [1.54, 1.807) is 7.11 Å². The molecule has 282 valence electrons. The van der Waals surface area contributed by atoms with E-state index in [9.17, 15) is 5.11 Å². The Kier molecular flexibility index (Phi) is 14.4. The molecule has 0 amide bonds. The normalized spacial score (nSPS) is 30.8.